The summed E-state index contributed by atoms with van der Waals surface area (Å²) in [7, 11) is 0. The summed E-state index contributed by atoms with van der Waals surface area (Å²) in [5.74, 6) is 2.71. The number of nitrogens with zero attached hydrogens (tertiary/aromatic N) is 2. The highest BCUT2D eigenvalue weighted by molar-refractivity contribution is 5.49. The van der Waals surface area contributed by atoms with Crippen molar-refractivity contribution in [2.24, 2.45) is 5.92 Å². The number of rotatable bonds is 5. The second-order valence-corrected chi connectivity index (χ2v) is 8.18. The first-order chi connectivity index (χ1) is 13.3. The van der Waals surface area contributed by atoms with E-state index in [1.807, 2.05) is 0 Å². The SMILES string of the molecule is c1ccc(CN2CCC(CCN3Cc4cc5c(cc4C3)OCO5)CC2)cc1. The fourth-order valence-electron chi connectivity index (χ4n) is 4.66. The first-order valence-corrected chi connectivity index (χ1v) is 10.2. The van der Waals surface area contributed by atoms with E-state index in [4.69, 9.17) is 9.47 Å². The molecule has 5 rings (SSSR count). The van der Waals surface area contributed by atoms with Gasteiger partial charge in [-0.05, 0) is 73.6 Å². The highest BCUT2D eigenvalue weighted by Crippen LogP contribution is 2.38. The molecule has 0 radical (unpaired) electrons. The largest absolute Gasteiger partial charge is 0.454 e. The van der Waals surface area contributed by atoms with Crippen molar-refractivity contribution in [1.82, 2.24) is 9.80 Å². The van der Waals surface area contributed by atoms with Crippen LogP contribution in [0, 0.1) is 5.92 Å². The third kappa shape index (κ3) is 3.83. The molecule has 3 heterocycles. The molecule has 3 aliphatic heterocycles. The lowest BCUT2D eigenvalue weighted by Gasteiger charge is -2.32. The molecular formula is C23H28N2O2. The molecule has 27 heavy (non-hydrogen) atoms. The summed E-state index contributed by atoms with van der Waals surface area (Å²) in [6, 6.07) is 15.2. The zero-order valence-electron chi connectivity index (χ0n) is 15.9. The van der Waals surface area contributed by atoms with Crippen LogP contribution >= 0.6 is 0 Å². The van der Waals surface area contributed by atoms with Gasteiger partial charge >= 0.3 is 0 Å². The fraction of sp³-hybridized carbons (Fsp3) is 0.478. The number of ether oxygens (including phenoxy) is 2. The lowest BCUT2D eigenvalue weighted by atomic mass is 9.93. The smallest absolute Gasteiger partial charge is 0.231 e. The number of fused-ring (bicyclic) bond motifs is 2. The molecule has 4 nitrogen and oxygen atoms in total. The van der Waals surface area contributed by atoms with Crippen molar-refractivity contribution >= 4 is 0 Å². The Morgan fingerprint density at radius 1 is 0.852 bits per heavy atom. The van der Waals surface area contributed by atoms with E-state index in [9.17, 15) is 0 Å². The number of benzene rings is 2. The predicted molar refractivity (Wildman–Crippen MR) is 106 cm³/mol. The Bertz CT molecular complexity index is 751. The maximum absolute atomic E-state index is 5.52. The van der Waals surface area contributed by atoms with Crippen molar-refractivity contribution in [3.05, 3.63) is 59.2 Å². The molecule has 0 spiro atoms. The Kier molecular flexibility index (Phi) is 4.76. The van der Waals surface area contributed by atoms with Gasteiger partial charge in [-0.15, -0.1) is 0 Å². The minimum Gasteiger partial charge on any atom is -0.454 e. The molecule has 0 aromatic heterocycles. The average molecular weight is 364 g/mol. The van der Waals surface area contributed by atoms with Crippen molar-refractivity contribution in [1.29, 1.82) is 0 Å². The standard InChI is InChI=1S/C23H28N2O2/c1-2-4-19(5-3-1)14-24-9-6-18(7-10-24)8-11-25-15-20-12-22-23(27-17-26-22)13-21(20)16-25/h1-5,12-13,18H,6-11,14-17H2. The minimum absolute atomic E-state index is 0.366. The van der Waals surface area contributed by atoms with Gasteiger partial charge in [0.05, 0.1) is 0 Å². The van der Waals surface area contributed by atoms with E-state index in [1.54, 1.807) is 0 Å². The lowest BCUT2D eigenvalue weighted by Crippen LogP contribution is -2.34. The molecular weight excluding hydrogens is 336 g/mol. The maximum Gasteiger partial charge on any atom is 0.231 e. The van der Waals surface area contributed by atoms with E-state index < -0.39 is 0 Å². The van der Waals surface area contributed by atoms with Gasteiger partial charge in [-0.1, -0.05) is 30.3 Å². The topological polar surface area (TPSA) is 24.9 Å². The van der Waals surface area contributed by atoms with E-state index in [0.29, 0.717) is 6.79 Å². The van der Waals surface area contributed by atoms with Crippen LogP contribution in [-0.4, -0.2) is 36.2 Å². The van der Waals surface area contributed by atoms with Crippen LogP contribution < -0.4 is 9.47 Å². The quantitative estimate of drug-likeness (QED) is 0.800. The van der Waals surface area contributed by atoms with Crippen LogP contribution in [0.2, 0.25) is 0 Å². The molecule has 0 amide bonds. The Morgan fingerprint density at radius 3 is 2.19 bits per heavy atom. The minimum atomic E-state index is 0.366. The third-order valence-corrected chi connectivity index (χ3v) is 6.29. The average Bonchev–Trinajstić information content (AvgIpc) is 3.31. The molecule has 0 saturated carbocycles. The van der Waals surface area contributed by atoms with Crippen LogP contribution in [0.25, 0.3) is 0 Å². The molecule has 0 aliphatic carbocycles. The first kappa shape index (κ1) is 17.1. The Hall–Kier alpha value is -2.04. The van der Waals surface area contributed by atoms with Crippen LogP contribution in [0.3, 0.4) is 0 Å². The normalized spacial score (nSPS) is 20.1. The van der Waals surface area contributed by atoms with E-state index in [1.165, 1.54) is 55.6 Å². The molecule has 0 atom stereocenters. The van der Waals surface area contributed by atoms with Crippen molar-refractivity contribution in [2.75, 3.05) is 26.4 Å². The number of hydrogen-bond acceptors (Lipinski definition) is 4. The molecule has 1 fully saturated rings. The van der Waals surface area contributed by atoms with Gasteiger partial charge in [-0.25, -0.2) is 0 Å². The van der Waals surface area contributed by atoms with Crippen molar-refractivity contribution in [3.63, 3.8) is 0 Å². The van der Waals surface area contributed by atoms with Crippen LogP contribution in [-0.2, 0) is 19.6 Å². The molecule has 142 valence electrons. The van der Waals surface area contributed by atoms with Gasteiger partial charge in [0, 0.05) is 19.6 Å². The zero-order chi connectivity index (χ0) is 18.1. The van der Waals surface area contributed by atoms with Crippen LogP contribution in [0.1, 0.15) is 36.0 Å². The van der Waals surface area contributed by atoms with Crippen molar-refractivity contribution < 1.29 is 9.47 Å². The number of likely N-dealkylation sites (tertiary alicyclic amines) is 1. The third-order valence-electron chi connectivity index (χ3n) is 6.29. The summed E-state index contributed by atoms with van der Waals surface area (Å²) in [6.07, 6.45) is 3.99. The van der Waals surface area contributed by atoms with Crippen LogP contribution in [0.5, 0.6) is 11.5 Å². The second-order valence-electron chi connectivity index (χ2n) is 8.18. The van der Waals surface area contributed by atoms with E-state index in [-0.39, 0.29) is 0 Å². The molecule has 2 aromatic rings. The van der Waals surface area contributed by atoms with Gasteiger partial charge in [0.15, 0.2) is 11.5 Å². The van der Waals surface area contributed by atoms with Gasteiger partial charge in [0.2, 0.25) is 6.79 Å². The molecule has 0 bridgehead atoms. The Balaban J connectivity index is 1.08. The van der Waals surface area contributed by atoms with Crippen LogP contribution in [0.15, 0.2) is 42.5 Å². The monoisotopic (exact) mass is 364 g/mol. The zero-order valence-corrected chi connectivity index (χ0v) is 15.9. The maximum atomic E-state index is 5.52. The first-order valence-electron chi connectivity index (χ1n) is 10.2. The van der Waals surface area contributed by atoms with Crippen molar-refractivity contribution in [3.8, 4) is 11.5 Å². The van der Waals surface area contributed by atoms with Gasteiger partial charge in [0.25, 0.3) is 0 Å². The number of hydrogen-bond donors (Lipinski definition) is 0. The summed E-state index contributed by atoms with van der Waals surface area (Å²) < 4.78 is 11.0. The fourth-order valence-corrected chi connectivity index (χ4v) is 4.66. The predicted octanol–water partition coefficient (Wildman–Crippen LogP) is 4.03. The molecule has 0 N–H and O–H groups in total. The summed E-state index contributed by atoms with van der Waals surface area (Å²) >= 11 is 0. The van der Waals surface area contributed by atoms with Gasteiger partial charge < -0.3 is 9.47 Å². The molecule has 3 aliphatic rings. The van der Waals surface area contributed by atoms with E-state index in [0.717, 1.165) is 37.1 Å². The second kappa shape index (κ2) is 7.53. The van der Waals surface area contributed by atoms with Gasteiger partial charge in [-0.2, -0.15) is 0 Å². The summed E-state index contributed by atoms with van der Waals surface area (Å²) in [5.41, 5.74) is 4.26. The highest BCUT2D eigenvalue weighted by Gasteiger charge is 2.25. The van der Waals surface area contributed by atoms with Crippen LogP contribution in [0.4, 0.5) is 0 Å². The van der Waals surface area contributed by atoms with Gasteiger partial charge in [-0.3, -0.25) is 9.80 Å². The summed E-state index contributed by atoms with van der Waals surface area (Å²) in [6.45, 7) is 7.25. The molecule has 0 unspecified atom stereocenters. The summed E-state index contributed by atoms with van der Waals surface area (Å²) in [4.78, 5) is 5.19. The van der Waals surface area contributed by atoms with Gasteiger partial charge in [0.1, 0.15) is 0 Å². The number of piperidine rings is 1. The Morgan fingerprint density at radius 2 is 1.52 bits per heavy atom. The van der Waals surface area contributed by atoms with E-state index >= 15 is 0 Å². The summed E-state index contributed by atoms with van der Waals surface area (Å²) in [5, 5.41) is 0. The molecule has 1 saturated heterocycles. The lowest BCUT2D eigenvalue weighted by molar-refractivity contribution is 0.157. The van der Waals surface area contributed by atoms with E-state index in [2.05, 4.69) is 52.3 Å². The van der Waals surface area contributed by atoms with Crippen molar-refractivity contribution in [2.45, 2.75) is 38.9 Å². The molecule has 2 aromatic carbocycles. The highest BCUT2D eigenvalue weighted by atomic mass is 16.7. The Labute approximate surface area is 161 Å². The molecule has 4 heteroatoms.